The van der Waals surface area contributed by atoms with Crippen molar-refractivity contribution in [2.75, 3.05) is 20.8 Å². The lowest BCUT2D eigenvalue weighted by molar-refractivity contribution is 0.167. The third-order valence-electron chi connectivity index (χ3n) is 1.79. The molecule has 0 amide bonds. The molecular formula is C9H15N3O. The molecule has 1 heterocycles. The van der Waals surface area contributed by atoms with E-state index in [-0.39, 0.29) is 6.04 Å². The van der Waals surface area contributed by atoms with Crippen molar-refractivity contribution in [2.24, 2.45) is 0 Å². The summed E-state index contributed by atoms with van der Waals surface area (Å²) in [4.78, 5) is 8.43. The van der Waals surface area contributed by atoms with Crippen molar-refractivity contribution in [1.29, 1.82) is 0 Å². The number of likely N-dealkylation sites (N-methyl/N-ethyl adjacent to an activating group) is 1. The second-order valence-corrected chi connectivity index (χ2v) is 2.92. The second kappa shape index (κ2) is 4.89. The quantitative estimate of drug-likeness (QED) is 0.742. The zero-order valence-corrected chi connectivity index (χ0v) is 8.24. The minimum absolute atomic E-state index is 0.0746. The van der Waals surface area contributed by atoms with Crippen LogP contribution in [-0.4, -0.2) is 30.7 Å². The first-order valence-corrected chi connectivity index (χ1v) is 4.22. The highest BCUT2D eigenvalue weighted by Crippen LogP contribution is 2.06. The molecule has 0 bridgehead atoms. The molecule has 1 aromatic rings. The SMILES string of the molecule is CNC(COC)c1ncc(C)cn1. The van der Waals surface area contributed by atoms with Gasteiger partial charge in [-0.2, -0.15) is 0 Å². The van der Waals surface area contributed by atoms with Gasteiger partial charge in [-0.3, -0.25) is 0 Å². The molecule has 13 heavy (non-hydrogen) atoms. The number of hydrogen-bond donors (Lipinski definition) is 1. The molecule has 0 fully saturated rings. The molecule has 0 aliphatic rings. The summed E-state index contributed by atoms with van der Waals surface area (Å²) in [6, 6.07) is 0.0746. The van der Waals surface area contributed by atoms with Crippen LogP contribution in [0.2, 0.25) is 0 Å². The summed E-state index contributed by atoms with van der Waals surface area (Å²) < 4.78 is 5.04. The molecule has 0 aromatic carbocycles. The van der Waals surface area contributed by atoms with Crippen molar-refractivity contribution >= 4 is 0 Å². The standard InChI is InChI=1S/C9H15N3O/c1-7-4-11-9(12-5-7)8(10-2)6-13-3/h4-5,8,10H,6H2,1-3H3. The molecule has 1 unspecified atom stereocenters. The Morgan fingerprint density at radius 2 is 2.08 bits per heavy atom. The van der Waals surface area contributed by atoms with E-state index in [1.54, 1.807) is 7.11 Å². The van der Waals surface area contributed by atoms with Gasteiger partial charge in [0.15, 0.2) is 0 Å². The third kappa shape index (κ3) is 2.75. The van der Waals surface area contributed by atoms with Crippen LogP contribution in [0.25, 0.3) is 0 Å². The number of ether oxygens (including phenoxy) is 1. The van der Waals surface area contributed by atoms with E-state index >= 15 is 0 Å². The highest BCUT2D eigenvalue weighted by Gasteiger charge is 2.10. The number of aryl methyl sites for hydroxylation is 1. The monoisotopic (exact) mass is 181 g/mol. The Morgan fingerprint density at radius 3 is 2.54 bits per heavy atom. The Bertz CT molecular complexity index is 248. The van der Waals surface area contributed by atoms with E-state index in [9.17, 15) is 0 Å². The second-order valence-electron chi connectivity index (χ2n) is 2.92. The first-order valence-electron chi connectivity index (χ1n) is 4.22. The number of nitrogens with zero attached hydrogens (tertiary/aromatic N) is 2. The zero-order chi connectivity index (χ0) is 9.68. The molecule has 0 saturated heterocycles. The van der Waals surface area contributed by atoms with E-state index in [1.165, 1.54) is 0 Å². The molecular weight excluding hydrogens is 166 g/mol. The summed E-state index contributed by atoms with van der Waals surface area (Å²) >= 11 is 0. The molecule has 0 saturated carbocycles. The van der Waals surface area contributed by atoms with Crippen LogP contribution < -0.4 is 5.32 Å². The molecule has 4 nitrogen and oxygen atoms in total. The van der Waals surface area contributed by atoms with Crippen LogP contribution in [0.4, 0.5) is 0 Å². The fraction of sp³-hybridized carbons (Fsp3) is 0.556. The van der Waals surface area contributed by atoms with Gasteiger partial charge in [0.2, 0.25) is 0 Å². The first kappa shape index (κ1) is 10.1. The van der Waals surface area contributed by atoms with E-state index in [0.717, 1.165) is 11.4 Å². The van der Waals surface area contributed by atoms with Gasteiger partial charge in [0, 0.05) is 19.5 Å². The molecule has 72 valence electrons. The van der Waals surface area contributed by atoms with Crippen LogP contribution in [-0.2, 0) is 4.74 Å². The van der Waals surface area contributed by atoms with Gasteiger partial charge in [-0.05, 0) is 19.5 Å². The zero-order valence-electron chi connectivity index (χ0n) is 8.24. The van der Waals surface area contributed by atoms with Gasteiger partial charge >= 0.3 is 0 Å². The van der Waals surface area contributed by atoms with Crippen molar-refractivity contribution in [1.82, 2.24) is 15.3 Å². The topological polar surface area (TPSA) is 47.0 Å². The van der Waals surface area contributed by atoms with Crippen LogP contribution in [0.3, 0.4) is 0 Å². The minimum Gasteiger partial charge on any atom is -0.383 e. The van der Waals surface area contributed by atoms with Gasteiger partial charge in [-0.15, -0.1) is 0 Å². The molecule has 1 aromatic heterocycles. The first-order chi connectivity index (χ1) is 6.27. The Hall–Kier alpha value is -1.00. The highest BCUT2D eigenvalue weighted by atomic mass is 16.5. The van der Waals surface area contributed by atoms with Crippen molar-refractivity contribution in [3.05, 3.63) is 23.8 Å². The van der Waals surface area contributed by atoms with Gasteiger partial charge in [0.25, 0.3) is 0 Å². The largest absolute Gasteiger partial charge is 0.383 e. The van der Waals surface area contributed by atoms with E-state index in [2.05, 4.69) is 15.3 Å². The van der Waals surface area contributed by atoms with E-state index in [0.29, 0.717) is 6.61 Å². The number of hydrogen-bond acceptors (Lipinski definition) is 4. The van der Waals surface area contributed by atoms with Gasteiger partial charge in [0.05, 0.1) is 12.6 Å². The molecule has 0 aliphatic carbocycles. The molecule has 0 aliphatic heterocycles. The molecule has 4 heteroatoms. The van der Waals surface area contributed by atoms with E-state index in [4.69, 9.17) is 4.74 Å². The van der Waals surface area contributed by atoms with Gasteiger partial charge in [-0.25, -0.2) is 9.97 Å². The van der Waals surface area contributed by atoms with Crippen LogP contribution >= 0.6 is 0 Å². The summed E-state index contributed by atoms with van der Waals surface area (Å²) in [5.41, 5.74) is 1.07. The highest BCUT2D eigenvalue weighted by molar-refractivity contribution is 5.04. The predicted molar refractivity (Wildman–Crippen MR) is 50.4 cm³/mol. The van der Waals surface area contributed by atoms with Gasteiger partial charge in [0.1, 0.15) is 5.82 Å². The number of methoxy groups -OCH3 is 1. The summed E-state index contributed by atoms with van der Waals surface area (Å²) in [6.07, 6.45) is 3.62. The summed E-state index contributed by atoms with van der Waals surface area (Å²) in [5, 5.41) is 3.09. The van der Waals surface area contributed by atoms with Crippen LogP contribution in [0.15, 0.2) is 12.4 Å². The van der Waals surface area contributed by atoms with Crippen molar-refractivity contribution in [2.45, 2.75) is 13.0 Å². The lowest BCUT2D eigenvalue weighted by atomic mass is 10.3. The Balaban J connectivity index is 2.73. The molecule has 1 rings (SSSR count). The van der Waals surface area contributed by atoms with Crippen LogP contribution in [0, 0.1) is 6.92 Å². The average Bonchev–Trinajstić information content (AvgIpc) is 2.16. The van der Waals surface area contributed by atoms with Crippen molar-refractivity contribution in [3.8, 4) is 0 Å². The molecule has 0 spiro atoms. The summed E-state index contributed by atoms with van der Waals surface area (Å²) in [6.45, 7) is 2.55. The smallest absolute Gasteiger partial charge is 0.147 e. The maximum atomic E-state index is 5.04. The molecule has 1 N–H and O–H groups in total. The van der Waals surface area contributed by atoms with E-state index in [1.807, 2.05) is 26.4 Å². The maximum Gasteiger partial charge on any atom is 0.147 e. The number of rotatable bonds is 4. The van der Waals surface area contributed by atoms with Crippen LogP contribution in [0.1, 0.15) is 17.4 Å². The molecule has 1 atom stereocenters. The average molecular weight is 181 g/mol. The Kier molecular flexibility index (Phi) is 3.79. The van der Waals surface area contributed by atoms with E-state index < -0.39 is 0 Å². The fourth-order valence-corrected chi connectivity index (χ4v) is 1.04. The third-order valence-corrected chi connectivity index (χ3v) is 1.79. The lowest BCUT2D eigenvalue weighted by Gasteiger charge is -2.12. The van der Waals surface area contributed by atoms with Crippen molar-refractivity contribution in [3.63, 3.8) is 0 Å². The maximum absolute atomic E-state index is 5.04. The van der Waals surface area contributed by atoms with Crippen molar-refractivity contribution < 1.29 is 4.74 Å². The van der Waals surface area contributed by atoms with Gasteiger partial charge < -0.3 is 10.1 Å². The fourth-order valence-electron chi connectivity index (χ4n) is 1.04. The number of nitrogens with one attached hydrogen (secondary N) is 1. The predicted octanol–water partition coefficient (Wildman–Crippen LogP) is 0.692. The van der Waals surface area contributed by atoms with Crippen LogP contribution in [0.5, 0.6) is 0 Å². The minimum atomic E-state index is 0.0746. The normalized spacial score (nSPS) is 12.8. The Morgan fingerprint density at radius 1 is 1.46 bits per heavy atom. The van der Waals surface area contributed by atoms with Gasteiger partial charge in [-0.1, -0.05) is 0 Å². The number of aromatic nitrogens is 2. The Labute approximate surface area is 78.4 Å². The summed E-state index contributed by atoms with van der Waals surface area (Å²) in [7, 11) is 3.53. The summed E-state index contributed by atoms with van der Waals surface area (Å²) in [5.74, 6) is 0.773. The lowest BCUT2D eigenvalue weighted by Crippen LogP contribution is -2.23. The molecule has 0 radical (unpaired) electrons.